The monoisotopic (exact) mass is 380 g/mol. The molecule has 113 valence electrons. The number of fused-ring (bicyclic) bond motifs is 1. The normalized spacial score (nSPS) is 10.2. The summed E-state index contributed by atoms with van der Waals surface area (Å²) in [5.41, 5.74) is 4.13. The number of amides is 1. The van der Waals surface area contributed by atoms with E-state index < -0.39 is 0 Å². The van der Waals surface area contributed by atoms with Gasteiger partial charge in [0.15, 0.2) is 6.20 Å². The Labute approximate surface area is 161 Å². The molecule has 0 bridgehead atoms. The minimum absolute atomic E-state index is 0. The third kappa shape index (κ3) is 4.04. The quantitative estimate of drug-likeness (QED) is 0.695. The molecule has 0 aliphatic rings. The molecular formula is C19H19N2OY+. The van der Waals surface area contributed by atoms with Crippen molar-refractivity contribution >= 4 is 22.5 Å². The van der Waals surface area contributed by atoms with E-state index in [2.05, 4.69) is 17.4 Å². The molecule has 0 atom stereocenters. The van der Waals surface area contributed by atoms with E-state index in [4.69, 9.17) is 0 Å². The zero-order valence-electron chi connectivity index (χ0n) is 13.4. The average Bonchev–Trinajstić information content (AvgIpc) is 2.51. The number of nitrogens with one attached hydrogen (secondary N) is 1. The summed E-state index contributed by atoms with van der Waals surface area (Å²) < 4.78 is 1.97. The number of anilines is 1. The zero-order valence-corrected chi connectivity index (χ0v) is 16.3. The third-order valence-electron chi connectivity index (χ3n) is 3.85. The molecular weight excluding hydrogens is 361 g/mol. The number of para-hydroxylation sites is 2. The predicted octanol–water partition coefficient (Wildman–Crippen LogP) is 3.38. The molecule has 0 saturated heterocycles. The van der Waals surface area contributed by atoms with Gasteiger partial charge in [-0.2, -0.15) is 4.57 Å². The summed E-state index contributed by atoms with van der Waals surface area (Å²) in [6.07, 6.45) is 1.94. The second-order valence-corrected chi connectivity index (χ2v) is 5.51. The summed E-state index contributed by atoms with van der Waals surface area (Å²) in [7, 11) is 0. The Bertz CT molecular complexity index is 820. The van der Waals surface area contributed by atoms with Crippen LogP contribution in [0.3, 0.4) is 0 Å². The van der Waals surface area contributed by atoms with E-state index in [1.54, 1.807) is 0 Å². The van der Waals surface area contributed by atoms with Crippen LogP contribution >= 0.6 is 0 Å². The smallest absolute Gasteiger partial charge is 0.290 e. The van der Waals surface area contributed by atoms with Crippen LogP contribution in [0, 0.1) is 13.8 Å². The molecule has 0 spiro atoms. The number of hydrogen-bond acceptors (Lipinski definition) is 1. The molecule has 2 aromatic carbocycles. The minimum Gasteiger partial charge on any atom is -0.320 e. The Morgan fingerprint density at radius 1 is 0.957 bits per heavy atom. The van der Waals surface area contributed by atoms with Crippen LogP contribution in [0.5, 0.6) is 0 Å². The molecule has 0 fully saturated rings. The molecule has 23 heavy (non-hydrogen) atoms. The van der Waals surface area contributed by atoms with E-state index >= 15 is 0 Å². The van der Waals surface area contributed by atoms with Crippen molar-refractivity contribution in [2.75, 3.05) is 5.32 Å². The maximum Gasteiger partial charge on any atom is 0.290 e. The van der Waals surface area contributed by atoms with Crippen molar-refractivity contribution < 1.29 is 42.1 Å². The van der Waals surface area contributed by atoms with Crippen LogP contribution in [0.25, 0.3) is 10.9 Å². The Morgan fingerprint density at radius 3 is 2.35 bits per heavy atom. The number of nitrogens with zero attached hydrogens (tertiary/aromatic N) is 1. The number of aryl methyl sites for hydroxylation is 2. The van der Waals surface area contributed by atoms with Crippen molar-refractivity contribution in [3.05, 3.63) is 71.9 Å². The van der Waals surface area contributed by atoms with E-state index in [0.29, 0.717) is 6.54 Å². The molecule has 0 aliphatic heterocycles. The number of hydrogen-bond donors (Lipinski definition) is 1. The average molecular weight is 380 g/mol. The molecule has 1 aromatic heterocycles. The van der Waals surface area contributed by atoms with Gasteiger partial charge in [0.25, 0.3) is 5.91 Å². The van der Waals surface area contributed by atoms with Crippen LogP contribution in [0.15, 0.2) is 60.8 Å². The van der Waals surface area contributed by atoms with Crippen molar-refractivity contribution in [1.82, 2.24) is 0 Å². The van der Waals surface area contributed by atoms with Gasteiger partial charge in [0.2, 0.25) is 12.1 Å². The molecule has 1 heterocycles. The Kier molecular flexibility index (Phi) is 6.03. The van der Waals surface area contributed by atoms with Crippen molar-refractivity contribution in [2.24, 2.45) is 0 Å². The minimum atomic E-state index is -0.0150. The maximum atomic E-state index is 12.4. The summed E-state index contributed by atoms with van der Waals surface area (Å²) in [4.78, 5) is 12.4. The zero-order chi connectivity index (χ0) is 15.5. The number of rotatable bonds is 3. The van der Waals surface area contributed by atoms with Gasteiger partial charge in [-0.05, 0) is 37.1 Å². The molecule has 1 amide bonds. The first-order valence-corrected chi connectivity index (χ1v) is 7.38. The van der Waals surface area contributed by atoms with Gasteiger partial charge in [0.05, 0.1) is 0 Å². The summed E-state index contributed by atoms with van der Waals surface area (Å²) in [6, 6.07) is 18.1. The van der Waals surface area contributed by atoms with Crippen LogP contribution in [-0.2, 0) is 44.0 Å². The van der Waals surface area contributed by atoms with Crippen LogP contribution in [0.1, 0.15) is 11.1 Å². The Hall–Kier alpha value is -1.58. The maximum absolute atomic E-state index is 12.4. The number of pyridine rings is 1. The first kappa shape index (κ1) is 17.8. The summed E-state index contributed by atoms with van der Waals surface area (Å²) in [5, 5.41) is 4.16. The standard InChI is InChI=1S/C19H18N2O.Y/c1-14-7-5-8-15(2)19(14)20-18(22)13-21-12-6-10-16-9-3-4-11-17(16)21;/h3-12H,13H2,1-2H3;/p+1. The van der Waals surface area contributed by atoms with Gasteiger partial charge in [0.1, 0.15) is 0 Å². The first-order chi connectivity index (χ1) is 10.6. The van der Waals surface area contributed by atoms with E-state index in [1.165, 1.54) is 0 Å². The van der Waals surface area contributed by atoms with Gasteiger partial charge in [0, 0.05) is 55.9 Å². The second-order valence-electron chi connectivity index (χ2n) is 5.51. The molecule has 3 rings (SSSR count). The molecule has 3 nitrogen and oxygen atoms in total. The third-order valence-corrected chi connectivity index (χ3v) is 3.85. The number of carbonyl (C=O) groups is 1. The molecule has 0 aliphatic carbocycles. The fourth-order valence-electron chi connectivity index (χ4n) is 2.70. The number of carbonyl (C=O) groups excluding carboxylic acids is 1. The van der Waals surface area contributed by atoms with Crippen molar-refractivity contribution in [2.45, 2.75) is 20.4 Å². The van der Waals surface area contributed by atoms with Gasteiger partial charge >= 0.3 is 0 Å². The number of aromatic nitrogens is 1. The van der Waals surface area contributed by atoms with E-state index in [1.807, 2.05) is 67.1 Å². The van der Waals surface area contributed by atoms with E-state index in [-0.39, 0.29) is 38.6 Å². The van der Waals surface area contributed by atoms with Gasteiger partial charge in [-0.15, -0.1) is 0 Å². The van der Waals surface area contributed by atoms with Crippen LogP contribution in [0.2, 0.25) is 0 Å². The van der Waals surface area contributed by atoms with Gasteiger partial charge in [-0.3, -0.25) is 4.79 Å². The molecule has 0 unspecified atom stereocenters. The van der Waals surface area contributed by atoms with Crippen LogP contribution in [-0.4, -0.2) is 5.91 Å². The van der Waals surface area contributed by atoms with Gasteiger partial charge < -0.3 is 5.32 Å². The Balaban J connectivity index is 0.00000192. The van der Waals surface area contributed by atoms with Crippen LogP contribution < -0.4 is 9.88 Å². The molecule has 3 aromatic rings. The van der Waals surface area contributed by atoms with Gasteiger partial charge in [-0.1, -0.05) is 30.3 Å². The predicted molar refractivity (Wildman–Crippen MR) is 88.7 cm³/mol. The topological polar surface area (TPSA) is 33.0 Å². The number of benzene rings is 2. The Morgan fingerprint density at radius 2 is 1.61 bits per heavy atom. The fourth-order valence-corrected chi connectivity index (χ4v) is 2.70. The summed E-state index contributed by atoms with van der Waals surface area (Å²) in [5.74, 6) is -0.0150. The molecule has 0 saturated carbocycles. The van der Waals surface area contributed by atoms with Crippen LogP contribution in [0.4, 0.5) is 5.69 Å². The van der Waals surface area contributed by atoms with Crippen molar-refractivity contribution in [1.29, 1.82) is 0 Å². The summed E-state index contributed by atoms with van der Waals surface area (Å²) in [6.45, 7) is 4.32. The fraction of sp³-hybridized carbons (Fsp3) is 0.158. The van der Waals surface area contributed by atoms with Crippen molar-refractivity contribution in [3.8, 4) is 0 Å². The second kappa shape index (κ2) is 7.80. The molecule has 1 N–H and O–H groups in total. The molecule has 4 heteroatoms. The first-order valence-electron chi connectivity index (χ1n) is 7.38. The van der Waals surface area contributed by atoms with E-state index in [0.717, 1.165) is 27.7 Å². The largest absolute Gasteiger partial charge is 0.320 e. The van der Waals surface area contributed by atoms with Gasteiger partial charge in [-0.25, -0.2) is 0 Å². The van der Waals surface area contributed by atoms with Crippen molar-refractivity contribution in [3.63, 3.8) is 0 Å². The van der Waals surface area contributed by atoms with E-state index in [9.17, 15) is 4.79 Å². The molecule has 1 radical (unpaired) electrons. The summed E-state index contributed by atoms with van der Waals surface area (Å²) >= 11 is 0. The SMILES string of the molecule is Cc1cccc(C)c1NC(=O)C[n+]1cccc2ccccc21.[Y].